The molecule has 0 saturated carbocycles. The number of allylic oxidation sites excluding steroid dienone is 1. The summed E-state index contributed by atoms with van der Waals surface area (Å²) in [5.41, 5.74) is 1.70. The molecule has 0 aromatic heterocycles. The van der Waals surface area contributed by atoms with Crippen molar-refractivity contribution in [1.82, 2.24) is 0 Å². The smallest absolute Gasteiger partial charge is 0.190 e. The number of carbonyl (C=O) groups is 1. The Morgan fingerprint density at radius 1 is 1.12 bits per heavy atom. The molecule has 0 unspecified atom stereocenters. The van der Waals surface area contributed by atoms with E-state index >= 15 is 0 Å². The van der Waals surface area contributed by atoms with Crippen LogP contribution in [-0.4, -0.2) is 18.3 Å². The molecular formula is C13H16OS2. The Morgan fingerprint density at radius 3 is 2.12 bits per heavy atom. The summed E-state index contributed by atoms with van der Waals surface area (Å²) in [6, 6.07) is 9.47. The second-order valence-electron chi connectivity index (χ2n) is 3.22. The second kappa shape index (κ2) is 6.81. The molecule has 0 aliphatic heterocycles. The molecule has 16 heavy (non-hydrogen) atoms. The fourth-order valence-electron chi connectivity index (χ4n) is 1.49. The van der Waals surface area contributed by atoms with Gasteiger partial charge in [-0.2, -0.15) is 0 Å². The third-order valence-electron chi connectivity index (χ3n) is 2.28. The van der Waals surface area contributed by atoms with Gasteiger partial charge in [-0.15, -0.1) is 23.5 Å². The molecule has 0 fully saturated rings. The monoisotopic (exact) mass is 252 g/mol. The van der Waals surface area contributed by atoms with Gasteiger partial charge in [-0.1, -0.05) is 37.3 Å². The largest absolute Gasteiger partial charge is 0.289 e. The van der Waals surface area contributed by atoms with Crippen LogP contribution in [0.5, 0.6) is 0 Å². The fraction of sp³-hybridized carbons (Fsp3) is 0.308. The minimum Gasteiger partial charge on any atom is -0.289 e. The SMILES string of the molecule is CCC(C(=O)c1ccccc1)=C(SC)SC. The summed E-state index contributed by atoms with van der Waals surface area (Å²) in [5, 5.41) is 0. The van der Waals surface area contributed by atoms with Gasteiger partial charge >= 0.3 is 0 Å². The van der Waals surface area contributed by atoms with Crippen LogP contribution in [-0.2, 0) is 0 Å². The molecule has 3 heteroatoms. The summed E-state index contributed by atoms with van der Waals surface area (Å²) < 4.78 is 1.12. The molecule has 86 valence electrons. The van der Waals surface area contributed by atoms with Crippen molar-refractivity contribution in [2.45, 2.75) is 13.3 Å². The van der Waals surface area contributed by atoms with E-state index in [0.29, 0.717) is 0 Å². The van der Waals surface area contributed by atoms with Crippen LogP contribution in [0, 0.1) is 0 Å². The number of ketones is 1. The first-order chi connectivity index (χ1) is 7.74. The zero-order valence-electron chi connectivity index (χ0n) is 9.82. The molecule has 0 atom stereocenters. The van der Waals surface area contributed by atoms with Gasteiger partial charge in [0.15, 0.2) is 5.78 Å². The highest BCUT2D eigenvalue weighted by atomic mass is 32.2. The molecule has 0 amide bonds. The number of thioether (sulfide) groups is 2. The van der Waals surface area contributed by atoms with Gasteiger partial charge in [-0.05, 0) is 18.9 Å². The Labute approximate surface area is 106 Å². The number of rotatable bonds is 5. The molecule has 0 heterocycles. The Hall–Kier alpha value is -0.670. The third kappa shape index (κ3) is 3.16. The van der Waals surface area contributed by atoms with Crippen LogP contribution in [0.2, 0.25) is 0 Å². The van der Waals surface area contributed by atoms with Gasteiger partial charge < -0.3 is 0 Å². The lowest BCUT2D eigenvalue weighted by atomic mass is 10.0. The lowest BCUT2D eigenvalue weighted by Crippen LogP contribution is -2.04. The van der Waals surface area contributed by atoms with Gasteiger partial charge in [0.1, 0.15) is 0 Å². The zero-order chi connectivity index (χ0) is 12.0. The average Bonchev–Trinajstić information content (AvgIpc) is 2.36. The quantitative estimate of drug-likeness (QED) is 0.577. The summed E-state index contributed by atoms with van der Waals surface area (Å²) in [6.45, 7) is 2.03. The number of carbonyl (C=O) groups excluding carboxylic acids is 1. The Bertz CT molecular complexity index is 376. The lowest BCUT2D eigenvalue weighted by Gasteiger charge is -2.09. The summed E-state index contributed by atoms with van der Waals surface area (Å²) in [4.78, 5) is 12.3. The summed E-state index contributed by atoms with van der Waals surface area (Å²) in [5.74, 6) is 0.154. The lowest BCUT2D eigenvalue weighted by molar-refractivity contribution is 0.103. The van der Waals surface area contributed by atoms with Crippen molar-refractivity contribution in [3.8, 4) is 0 Å². The van der Waals surface area contributed by atoms with Crippen LogP contribution >= 0.6 is 23.5 Å². The van der Waals surface area contributed by atoms with Gasteiger partial charge in [-0.3, -0.25) is 4.79 Å². The van der Waals surface area contributed by atoms with Gasteiger partial charge in [0.2, 0.25) is 0 Å². The van der Waals surface area contributed by atoms with Crippen molar-refractivity contribution in [2.24, 2.45) is 0 Å². The van der Waals surface area contributed by atoms with E-state index in [1.807, 2.05) is 49.8 Å². The van der Waals surface area contributed by atoms with E-state index in [4.69, 9.17) is 0 Å². The molecule has 0 aliphatic carbocycles. The molecular weight excluding hydrogens is 236 g/mol. The highest BCUT2D eigenvalue weighted by Crippen LogP contribution is 2.30. The van der Waals surface area contributed by atoms with Crippen molar-refractivity contribution < 1.29 is 4.79 Å². The second-order valence-corrected chi connectivity index (χ2v) is 5.11. The van der Waals surface area contributed by atoms with E-state index in [0.717, 1.165) is 21.8 Å². The maximum absolute atomic E-state index is 12.3. The van der Waals surface area contributed by atoms with Crippen molar-refractivity contribution >= 4 is 29.3 Å². The van der Waals surface area contributed by atoms with Crippen molar-refractivity contribution in [3.05, 3.63) is 45.7 Å². The van der Waals surface area contributed by atoms with Gasteiger partial charge in [0, 0.05) is 15.4 Å². The van der Waals surface area contributed by atoms with E-state index in [-0.39, 0.29) is 5.78 Å². The van der Waals surface area contributed by atoms with E-state index in [2.05, 4.69) is 0 Å². The van der Waals surface area contributed by atoms with Crippen LogP contribution in [0.3, 0.4) is 0 Å². The Balaban J connectivity index is 3.08. The van der Waals surface area contributed by atoms with E-state index < -0.39 is 0 Å². The number of Topliss-reactive ketones (excluding diaryl/α,β-unsaturated/α-hetero) is 1. The molecule has 0 saturated heterocycles. The number of hydrogen-bond acceptors (Lipinski definition) is 3. The minimum absolute atomic E-state index is 0.154. The fourth-order valence-corrected chi connectivity index (χ4v) is 3.12. The van der Waals surface area contributed by atoms with Crippen LogP contribution in [0.4, 0.5) is 0 Å². The van der Waals surface area contributed by atoms with Gasteiger partial charge in [0.05, 0.1) is 0 Å². The van der Waals surface area contributed by atoms with Crippen LogP contribution in [0.1, 0.15) is 23.7 Å². The van der Waals surface area contributed by atoms with E-state index in [1.54, 1.807) is 23.5 Å². The molecule has 1 rings (SSSR count). The normalized spacial score (nSPS) is 9.94. The van der Waals surface area contributed by atoms with Gasteiger partial charge in [-0.25, -0.2) is 0 Å². The first-order valence-electron chi connectivity index (χ1n) is 5.15. The molecule has 0 N–H and O–H groups in total. The highest BCUT2D eigenvalue weighted by Gasteiger charge is 2.14. The first-order valence-corrected chi connectivity index (χ1v) is 7.60. The van der Waals surface area contributed by atoms with Crippen molar-refractivity contribution in [2.75, 3.05) is 12.5 Å². The first kappa shape index (κ1) is 13.4. The third-order valence-corrected chi connectivity index (χ3v) is 4.52. The van der Waals surface area contributed by atoms with Crippen molar-refractivity contribution in [1.29, 1.82) is 0 Å². The predicted octanol–water partition coefficient (Wildman–Crippen LogP) is 4.22. The summed E-state index contributed by atoms with van der Waals surface area (Å²) >= 11 is 3.29. The molecule has 0 spiro atoms. The molecule has 0 aliphatic rings. The standard InChI is InChI=1S/C13H16OS2/c1-4-11(13(15-2)16-3)12(14)10-8-6-5-7-9-10/h5-9H,4H2,1-3H3. The van der Waals surface area contributed by atoms with Crippen LogP contribution < -0.4 is 0 Å². The highest BCUT2D eigenvalue weighted by molar-refractivity contribution is 8.21. The average molecular weight is 252 g/mol. The maximum atomic E-state index is 12.3. The molecule has 1 aromatic rings. The van der Waals surface area contributed by atoms with Crippen LogP contribution in [0.25, 0.3) is 0 Å². The van der Waals surface area contributed by atoms with Crippen molar-refractivity contribution in [3.63, 3.8) is 0 Å². The minimum atomic E-state index is 0.154. The number of benzene rings is 1. The Morgan fingerprint density at radius 2 is 1.69 bits per heavy atom. The van der Waals surface area contributed by atoms with E-state index in [9.17, 15) is 4.79 Å². The zero-order valence-corrected chi connectivity index (χ0v) is 11.5. The number of hydrogen-bond donors (Lipinski definition) is 0. The molecule has 0 radical (unpaired) electrons. The summed E-state index contributed by atoms with van der Waals surface area (Å²) in [7, 11) is 0. The molecule has 0 bridgehead atoms. The summed E-state index contributed by atoms with van der Waals surface area (Å²) in [6.07, 6.45) is 4.81. The Kier molecular flexibility index (Phi) is 5.71. The maximum Gasteiger partial charge on any atom is 0.190 e. The predicted molar refractivity (Wildman–Crippen MR) is 75.1 cm³/mol. The van der Waals surface area contributed by atoms with Gasteiger partial charge in [0.25, 0.3) is 0 Å². The van der Waals surface area contributed by atoms with Crippen LogP contribution in [0.15, 0.2) is 40.1 Å². The van der Waals surface area contributed by atoms with E-state index in [1.165, 1.54) is 0 Å². The molecule has 1 aromatic carbocycles. The molecule has 1 nitrogen and oxygen atoms in total. The topological polar surface area (TPSA) is 17.1 Å².